The number of likely N-dealkylation sites (tertiary alicyclic amines) is 1. The summed E-state index contributed by atoms with van der Waals surface area (Å²) in [7, 11) is -7.42. The molecule has 1 saturated heterocycles. The molecule has 0 unspecified atom stereocenters. The van der Waals surface area contributed by atoms with Crippen molar-refractivity contribution in [3.63, 3.8) is 0 Å². The molecule has 1 aliphatic heterocycles. The molecule has 0 spiro atoms. The summed E-state index contributed by atoms with van der Waals surface area (Å²) in [6, 6.07) is 9.11. The Morgan fingerprint density at radius 2 is 1.67 bits per heavy atom. The minimum absolute atomic E-state index is 0.0958. The molecule has 8 nitrogen and oxygen atoms in total. The van der Waals surface area contributed by atoms with Gasteiger partial charge < -0.3 is 5.32 Å². The molecule has 11 heteroatoms. The fraction of sp³-hybridized carbons (Fsp3) is 0.480. The van der Waals surface area contributed by atoms with E-state index in [1.807, 2.05) is 0 Å². The van der Waals surface area contributed by atoms with Gasteiger partial charge in [-0.25, -0.2) is 25.9 Å². The maximum Gasteiger partial charge on any atom is 0.251 e. The number of carbonyl (C=O) groups is 1. The van der Waals surface area contributed by atoms with E-state index in [-0.39, 0.29) is 34.0 Å². The fourth-order valence-corrected chi connectivity index (χ4v) is 6.49. The van der Waals surface area contributed by atoms with Gasteiger partial charge in [0.15, 0.2) is 9.84 Å². The molecule has 0 aromatic heterocycles. The number of carbonyl (C=O) groups excluding carboxylic acids is 1. The Hall–Kier alpha value is -2.34. The normalized spacial score (nSPS) is 20.1. The van der Waals surface area contributed by atoms with Crippen molar-refractivity contribution in [2.45, 2.75) is 68.0 Å². The summed E-state index contributed by atoms with van der Waals surface area (Å²) in [5, 5.41) is 2.90. The van der Waals surface area contributed by atoms with Crippen molar-refractivity contribution < 1.29 is 26.0 Å². The standard InChI is InChI=1S/C25H34FN3O5S2/c1-17-8-11-21(26)14-24(17)36(33,34)27-15-22(16-29-18(2)6-5-7-19(29)3)28-25(30)20-9-12-23(13-10-20)35(4,31)32/h8-14,18-19,22,27H,5-7,15-16H2,1-4H3,(H,28,30)/t18-,19+,22-/m0/s1. The van der Waals surface area contributed by atoms with Crippen LogP contribution in [-0.4, -0.2) is 65.1 Å². The molecule has 0 bridgehead atoms. The van der Waals surface area contributed by atoms with Crippen LogP contribution < -0.4 is 10.0 Å². The zero-order valence-corrected chi connectivity index (χ0v) is 22.6. The second-order valence-corrected chi connectivity index (χ2v) is 13.3. The molecule has 1 heterocycles. The zero-order valence-electron chi connectivity index (χ0n) is 21.0. The van der Waals surface area contributed by atoms with E-state index in [4.69, 9.17) is 0 Å². The van der Waals surface area contributed by atoms with E-state index in [0.717, 1.165) is 31.6 Å². The lowest BCUT2D eigenvalue weighted by Gasteiger charge is -2.41. The minimum Gasteiger partial charge on any atom is -0.347 e. The molecular weight excluding hydrogens is 505 g/mol. The van der Waals surface area contributed by atoms with Gasteiger partial charge in [-0.05, 0) is 75.6 Å². The van der Waals surface area contributed by atoms with Crippen LogP contribution >= 0.6 is 0 Å². The van der Waals surface area contributed by atoms with Gasteiger partial charge in [-0.15, -0.1) is 0 Å². The topological polar surface area (TPSA) is 113 Å². The number of amides is 1. The molecule has 198 valence electrons. The number of piperidine rings is 1. The van der Waals surface area contributed by atoms with Gasteiger partial charge in [0.2, 0.25) is 10.0 Å². The van der Waals surface area contributed by atoms with Gasteiger partial charge >= 0.3 is 0 Å². The van der Waals surface area contributed by atoms with Gasteiger partial charge in [-0.3, -0.25) is 9.69 Å². The first kappa shape index (κ1) is 28.2. The van der Waals surface area contributed by atoms with Crippen LogP contribution in [0.25, 0.3) is 0 Å². The van der Waals surface area contributed by atoms with Gasteiger partial charge in [0.05, 0.1) is 15.8 Å². The maximum absolute atomic E-state index is 13.7. The first-order chi connectivity index (χ1) is 16.8. The maximum atomic E-state index is 13.7. The SMILES string of the molecule is Cc1ccc(F)cc1S(=O)(=O)NC[C@@H](CN1[C@H](C)CCC[C@@H]1C)NC(=O)c1ccc(S(C)(=O)=O)cc1. The van der Waals surface area contributed by atoms with Crippen LogP contribution in [0.1, 0.15) is 49.0 Å². The number of halogens is 1. The molecule has 1 amide bonds. The first-order valence-electron chi connectivity index (χ1n) is 11.9. The highest BCUT2D eigenvalue weighted by Gasteiger charge is 2.29. The molecule has 0 saturated carbocycles. The number of nitrogens with one attached hydrogen (secondary N) is 2. The Labute approximate surface area is 213 Å². The van der Waals surface area contributed by atoms with E-state index < -0.39 is 37.6 Å². The monoisotopic (exact) mass is 539 g/mol. The molecule has 0 radical (unpaired) electrons. The van der Waals surface area contributed by atoms with Crippen LogP contribution in [0, 0.1) is 12.7 Å². The van der Waals surface area contributed by atoms with Crippen molar-refractivity contribution in [3.8, 4) is 0 Å². The smallest absolute Gasteiger partial charge is 0.251 e. The summed E-state index contributed by atoms with van der Waals surface area (Å²) in [4.78, 5) is 15.2. The number of benzene rings is 2. The second kappa shape index (κ2) is 11.4. The average Bonchev–Trinajstić information content (AvgIpc) is 2.80. The predicted molar refractivity (Wildman–Crippen MR) is 137 cm³/mol. The van der Waals surface area contributed by atoms with Gasteiger partial charge in [0.1, 0.15) is 5.82 Å². The van der Waals surface area contributed by atoms with Gasteiger partial charge in [-0.2, -0.15) is 0 Å². The predicted octanol–water partition coefficient (Wildman–Crippen LogP) is 2.88. The number of rotatable bonds is 9. The largest absolute Gasteiger partial charge is 0.347 e. The van der Waals surface area contributed by atoms with Gasteiger partial charge in [0.25, 0.3) is 5.91 Å². The van der Waals surface area contributed by atoms with Crippen LogP contribution in [0.3, 0.4) is 0 Å². The number of nitrogens with zero attached hydrogens (tertiary/aromatic N) is 1. The van der Waals surface area contributed by atoms with E-state index >= 15 is 0 Å². The van der Waals surface area contributed by atoms with Crippen LogP contribution in [0.15, 0.2) is 52.3 Å². The quantitative estimate of drug-likeness (QED) is 0.507. The summed E-state index contributed by atoms with van der Waals surface area (Å²) in [6.45, 7) is 6.13. The molecule has 2 aromatic carbocycles. The Kier molecular flexibility index (Phi) is 8.92. The molecule has 2 aromatic rings. The zero-order chi connectivity index (χ0) is 26.7. The van der Waals surface area contributed by atoms with Crippen molar-refractivity contribution in [3.05, 3.63) is 59.4 Å². The number of sulfone groups is 1. The Morgan fingerprint density at radius 1 is 1.06 bits per heavy atom. The van der Waals surface area contributed by atoms with E-state index in [9.17, 15) is 26.0 Å². The molecule has 2 N–H and O–H groups in total. The molecule has 3 rings (SSSR count). The van der Waals surface area contributed by atoms with Crippen molar-refractivity contribution >= 4 is 25.8 Å². The fourth-order valence-electron chi connectivity index (χ4n) is 4.52. The van der Waals surface area contributed by atoms with Crippen LogP contribution in [0.5, 0.6) is 0 Å². The molecule has 0 aliphatic carbocycles. The second-order valence-electron chi connectivity index (χ2n) is 9.55. The van der Waals surface area contributed by atoms with Gasteiger partial charge in [0, 0.05) is 37.0 Å². The van der Waals surface area contributed by atoms with Crippen molar-refractivity contribution in [2.75, 3.05) is 19.3 Å². The highest BCUT2D eigenvalue weighted by Crippen LogP contribution is 2.23. The average molecular weight is 540 g/mol. The number of hydrogen-bond donors (Lipinski definition) is 2. The lowest BCUT2D eigenvalue weighted by atomic mass is 9.97. The summed E-state index contributed by atoms with van der Waals surface area (Å²) in [5.74, 6) is -1.10. The molecular formula is C25H34FN3O5S2. The van der Waals surface area contributed by atoms with Gasteiger partial charge in [-0.1, -0.05) is 12.5 Å². The molecule has 3 atom stereocenters. The van der Waals surface area contributed by atoms with E-state index in [1.165, 1.54) is 36.4 Å². The highest BCUT2D eigenvalue weighted by atomic mass is 32.2. The van der Waals surface area contributed by atoms with Crippen LogP contribution in [0.4, 0.5) is 4.39 Å². The minimum atomic E-state index is -4.03. The van der Waals surface area contributed by atoms with E-state index in [1.54, 1.807) is 6.92 Å². The van der Waals surface area contributed by atoms with Crippen molar-refractivity contribution in [1.29, 1.82) is 0 Å². The third kappa shape index (κ3) is 7.12. The first-order valence-corrected chi connectivity index (χ1v) is 15.3. The van der Waals surface area contributed by atoms with E-state index in [0.29, 0.717) is 12.1 Å². The lowest BCUT2D eigenvalue weighted by molar-refractivity contribution is 0.0799. The van der Waals surface area contributed by atoms with Crippen molar-refractivity contribution in [2.24, 2.45) is 0 Å². The van der Waals surface area contributed by atoms with E-state index in [2.05, 4.69) is 28.8 Å². The molecule has 1 aliphatic rings. The van der Waals surface area contributed by atoms with Crippen LogP contribution in [0.2, 0.25) is 0 Å². The summed E-state index contributed by atoms with van der Waals surface area (Å²) in [5.41, 5.74) is 0.671. The number of hydrogen-bond acceptors (Lipinski definition) is 6. The summed E-state index contributed by atoms with van der Waals surface area (Å²) in [6.07, 6.45) is 4.21. The third-order valence-electron chi connectivity index (χ3n) is 6.65. The third-order valence-corrected chi connectivity index (χ3v) is 9.34. The molecule has 36 heavy (non-hydrogen) atoms. The lowest BCUT2D eigenvalue weighted by Crippen LogP contribution is -2.54. The Bertz CT molecular complexity index is 1290. The summed E-state index contributed by atoms with van der Waals surface area (Å²) >= 11 is 0. The Morgan fingerprint density at radius 3 is 2.25 bits per heavy atom. The summed E-state index contributed by atoms with van der Waals surface area (Å²) < 4.78 is 65.6. The number of sulfonamides is 1. The Balaban J connectivity index is 1.81. The van der Waals surface area contributed by atoms with Crippen molar-refractivity contribution in [1.82, 2.24) is 14.9 Å². The molecule has 1 fully saturated rings. The highest BCUT2D eigenvalue weighted by molar-refractivity contribution is 7.90. The van der Waals surface area contributed by atoms with Crippen LogP contribution in [-0.2, 0) is 19.9 Å². The number of aryl methyl sites for hydroxylation is 1.